The Morgan fingerprint density at radius 2 is 1.79 bits per heavy atom. The largest absolute Gasteiger partial charge is 0.494 e. The normalized spacial score (nSPS) is 18.7. The van der Waals surface area contributed by atoms with Crippen molar-refractivity contribution in [3.05, 3.63) is 83.2 Å². The highest BCUT2D eigenvalue weighted by atomic mass is 32.2. The molecule has 7 nitrogen and oxygen atoms in total. The summed E-state index contributed by atoms with van der Waals surface area (Å²) in [6, 6.07) is 18.6. The van der Waals surface area contributed by atoms with Gasteiger partial charge in [-0.25, -0.2) is 12.8 Å². The number of hydrogen-bond donors (Lipinski definition) is 1. The van der Waals surface area contributed by atoms with E-state index >= 15 is 0 Å². The average molecular weight is 535 g/mol. The first-order valence-electron chi connectivity index (χ1n) is 12.7. The van der Waals surface area contributed by atoms with Gasteiger partial charge in [-0.05, 0) is 67.8 Å². The zero-order valence-electron chi connectivity index (χ0n) is 21.5. The second kappa shape index (κ2) is 10.6. The second-order valence-corrected chi connectivity index (χ2v) is 11.9. The van der Waals surface area contributed by atoms with Crippen LogP contribution in [0.3, 0.4) is 0 Å². The summed E-state index contributed by atoms with van der Waals surface area (Å²) in [4.78, 5) is 4.35. The van der Waals surface area contributed by atoms with Gasteiger partial charge >= 0.3 is 0 Å². The summed E-state index contributed by atoms with van der Waals surface area (Å²) in [5.74, 6) is 0.0951. The molecule has 1 saturated heterocycles. The topological polar surface area (TPSA) is 85.7 Å². The molecule has 2 unspecified atom stereocenters. The molecule has 0 aromatic heterocycles. The molecule has 38 heavy (non-hydrogen) atoms. The molecule has 0 aliphatic carbocycles. The summed E-state index contributed by atoms with van der Waals surface area (Å²) in [5, 5.41) is 11.9. The summed E-state index contributed by atoms with van der Waals surface area (Å²) in [6.07, 6.45) is 1.48. The second-order valence-electron chi connectivity index (χ2n) is 9.86. The van der Waals surface area contributed by atoms with Crippen LogP contribution in [0.25, 0.3) is 0 Å². The Kier molecular flexibility index (Phi) is 7.28. The Hall–Kier alpha value is -3.61. The molecule has 1 N–H and O–H groups in total. The minimum Gasteiger partial charge on any atom is -0.494 e. The van der Waals surface area contributed by atoms with Gasteiger partial charge in [-0.3, -0.25) is 4.90 Å². The first-order valence-corrected chi connectivity index (χ1v) is 14.3. The van der Waals surface area contributed by atoms with Crippen molar-refractivity contribution in [1.29, 1.82) is 5.26 Å². The zero-order chi connectivity index (χ0) is 26.9. The lowest BCUT2D eigenvalue weighted by atomic mass is 9.96. The van der Waals surface area contributed by atoms with E-state index in [0.29, 0.717) is 43.9 Å². The molecule has 0 amide bonds. The van der Waals surface area contributed by atoms with E-state index in [0.717, 1.165) is 17.8 Å². The number of halogens is 1. The maximum absolute atomic E-state index is 14.1. The number of sulfone groups is 1. The van der Waals surface area contributed by atoms with Crippen LogP contribution in [0, 0.1) is 24.1 Å². The van der Waals surface area contributed by atoms with Crippen LogP contribution >= 0.6 is 0 Å². The minimum atomic E-state index is -3.78. The molecule has 0 spiro atoms. The maximum Gasteiger partial charge on any atom is 0.196 e. The Morgan fingerprint density at radius 1 is 1.05 bits per heavy atom. The molecule has 0 bridgehead atoms. The van der Waals surface area contributed by atoms with Gasteiger partial charge in [-0.15, -0.1) is 0 Å². The standard InChI is InChI=1S/C29H31FN4O3S/c1-20-3-10-25-22(17-20)6-11-26(32-25)29(38(35,36)24-8-4-21(19-31)5-9-24)34-15-13-33(14-16-34)27-12-7-23(30)18-28(27)37-2/h3-5,7-10,12,17-18,26,29,32H,6,11,13-16H2,1-2H3. The van der Waals surface area contributed by atoms with Crippen LogP contribution in [0.5, 0.6) is 5.75 Å². The first kappa shape index (κ1) is 26.0. The van der Waals surface area contributed by atoms with E-state index in [2.05, 4.69) is 29.3 Å². The number of hydrogen-bond acceptors (Lipinski definition) is 7. The molecule has 2 aliphatic heterocycles. The van der Waals surface area contributed by atoms with Crippen molar-refractivity contribution < 1.29 is 17.5 Å². The lowest BCUT2D eigenvalue weighted by Gasteiger charge is -2.44. The van der Waals surface area contributed by atoms with Crippen LogP contribution in [-0.4, -0.2) is 58.0 Å². The number of nitrogens with one attached hydrogen (secondary N) is 1. The highest BCUT2D eigenvalue weighted by Gasteiger charge is 2.42. The van der Waals surface area contributed by atoms with Crippen LogP contribution in [0.4, 0.5) is 15.8 Å². The molecule has 2 atom stereocenters. The van der Waals surface area contributed by atoms with Crippen LogP contribution < -0.4 is 15.0 Å². The minimum absolute atomic E-state index is 0.209. The van der Waals surface area contributed by atoms with Crippen LogP contribution in [0.15, 0.2) is 65.6 Å². The van der Waals surface area contributed by atoms with Crippen molar-refractivity contribution in [3.63, 3.8) is 0 Å². The van der Waals surface area contributed by atoms with Gasteiger partial charge in [0.05, 0.1) is 35.4 Å². The lowest BCUT2D eigenvalue weighted by Crippen LogP contribution is -2.58. The molecular formula is C29H31FN4O3S. The summed E-state index contributed by atoms with van der Waals surface area (Å²) < 4.78 is 47.4. The predicted molar refractivity (Wildman–Crippen MR) is 146 cm³/mol. The van der Waals surface area contributed by atoms with Gasteiger partial charge in [-0.2, -0.15) is 5.26 Å². The molecule has 2 aliphatic rings. The van der Waals surface area contributed by atoms with E-state index in [9.17, 15) is 18.1 Å². The third kappa shape index (κ3) is 5.06. The van der Waals surface area contributed by atoms with Gasteiger partial charge in [0.25, 0.3) is 0 Å². The van der Waals surface area contributed by atoms with Crippen molar-refractivity contribution >= 4 is 21.2 Å². The summed E-state index contributed by atoms with van der Waals surface area (Å²) in [6.45, 7) is 4.23. The number of aryl methyl sites for hydroxylation is 2. The molecule has 5 rings (SSSR count). The number of nitriles is 1. The average Bonchev–Trinajstić information content (AvgIpc) is 2.93. The third-order valence-corrected chi connectivity index (χ3v) is 9.65. The smallest absolute Gasteiger partial charge is 0.196 e. The Balaban J connectivity index is 1.44. The fourth-order valence-corrected chi connectivity index (χ4v) is 7.56. The van der Waals surface area contributed by atoms with Gasteiger partial charge in [0.1, 0.15) is 16.9 Å². The van der Waals surface area contributed by atoms with E-state index in [1.165, 1.54) is 42.5 Å². The Bertz CT molecular complexity index is 1460. The van der Waals surface area contributed by atoms with E-state index in [1.54, 1.807) is 18.2 Å². The van der Waals surface area contributed by atoms with Gasteiger partial charge in [0.15, 0.2) is 9.84 Å². The maximum atomic E-state index is 14.1. The number of nitrogens with zero attached hydrogens (tertiary/aromatic N) is 3. The molecule has 198 valence electrons. The van der Waals surface area contributed by atoms with Crippen molar-refractivity contribution in [1.82, 2.24) is 4.90 Å². The zero-order valence-corrected chi connectivity index (χ0v) is 22.3. The third-order valence-electron chi connectivity index (χ3n) is 7.46. The van der Waals surface area contributed by atoms with Crippen LogP contribution in [0.1, 0.15) is 23.1 Å². The number of methoxy groups -OCH3 is 1. The molecule has 0 saturated carbocycles. The summed E-state index contributed by atoms with van der Waals surface area (Å²) in [5.41, 5.74) is 4.56. The molecular weight excluding hydrogens is 503 g/mol. The number of fused-ring (bicyclic) bond motifs is 1. The highest BCUT2D eigenvalue weighted by Crippen LogP contribution is 2.34. The molecule has 3 aromatic rings. The molecule has 2 heterocycles. The van der Waals surface area contributed by atoms with Crippen LogP contribution in [0.2, 0.25) is 0 Å². The molecule has 3 aromatic carbocycles. The molecule has 0 radical (unpaired) electrons. The van der Waals surface area contributed by atoms with Crippen molar-refractivity contribution in [2.75, 3.05) is 43.5 Å². The van der Waals surface area contributed by atoms with Crippen molar-refractivity contribution in [2.45, 2.75) is 36.1 Å². The summed E-state index contributed by atoms with van der Waals surface area (Å²) in [7, 11) is -2.26. The SMILES string of the molecule is COc1cc(F)ccc1N1CCN(C(C2CCc3cc(C)ccc3N2)S(=O)(=O)c2ccc(C#N)cc2)CC1. The molecule has 9 heteroatoms. The molecule has 1 fully saturated rings. The van der Waals surface area contributed by atoms with E-state index < -0.39 is 15.2 Å². The Morgan fingerprint density at radius 3 is 2.47 bits per heavy atom. The number of ether oxygens (including phenoxy) is 1. The quantitative estimate of drug-likeness (QED) is 0.503. The predicted octanol–water partition coefficient (Wildman–Crippen LogP) is 4.36. The first-order chi connectivity index (χ1) is 18.3. The van der Waals surface area contributed by atoms with Crippen molar-refractivity contribution in [3.8, 4) is 11.8 Å². The van der Waals surface area contributed by atoms with Gasteiger partial charge < -0.3 is 15.0 Å². The fourth-order valence-electron chi connectivity index (χ4n) is 5.52. The number of anilines is 2. The Labute approximate surface area is 223 Å². The number of benzene rings is 3. The number of piperazine rings is 1. The van der Waals surface area contributed by atoms with Crippen LogP contribution in [-0.2, 0) is 16.3 Å². The monoisotopic (exact) mass is 534 g/mol. The van der Waals surface area contributed by atoms with Gasteiger partial charge in [-0.1, -0.05) is 17.7 Å². The fraction of sp³-hybridized carbons (Fsp3) is 0.345. The van der Waals surface area contributed by atoms with E-state index in [-0.39, 0.29) is 16.8 Å². The van der Waals surface area contributed by atoms with E-state index in [1.807, 2.05) is 17.0 Å². The van der Waals surface area contributed by atoms with Crippen molar-refractivity contribution in [2.24, 2.45) is 0 Å². The van der Waals surface area contributed by atoms with Gasteiger partial charge in [0.2, 0.25) is 0 Å². The van der Waals surface area contributed by atoms with Gasteiger partial charge in [0, 0.05) is 37.9 Å². The highest BCUT2D eigenvalue weighted by molar-refractivity contribution is 7.92. The number of rotatable bonds is 6. The summed E-state index contributed by atoms with van der Waals surface area (Å²) >= 11 is 0. The van der Waals surface area contributed by atoms with E-state index in [4.69, 9.17) is 4.74 Å². The lowest BCUT2D eigenvalue weighted by molar-refractivity contribution is 0.211.